The number of piperazine rings is 1. The molecule has 0 unspecified atom stereocenters. The van der Waals surface area contributed by atoms with E-state index in [2.05, 4.69) is 10.6 Å². The summed E-state index contributed by atoms with van der Waals surface area (Å²) in [5, 5.41) is 5.79. The number of halogens is 6. The summed E-state index contributed by atoms with van der Waals surface area (Å²) in [5.41, 5.74) is 0.315. The maximum absolute atomic E-state index is 14.3. The van der Waals surface area contributed by atoms with Gasteiger partial charge in [0, 0.05) is 37.4 Å². The molecule has 4 rings (SSSR count). The van der Waals surface area contributed by atoms with Gasteiger partial charge in [-0.05, 0) is 63.3 Å². The van der Waals surface area contributed by atoms with Crippen molar-refractivity contribution in [3.63, 3.8) is 0 Å². The summed E-state index contributed by atoms with van der Waals surface area (Å²) >= 11 is 11.8. The van der Waals surface area contributed by atoms with Crippen molar-refractivity contribution in [3.05, 3.63) is 70.0 Å². The van der Waals surface area contributed by atoms with Gasteiger partial charge in [0.15, 0.2) is 39.9 Å². The minimum absolute atomic E-state index is 0.00921. The highest BCUT2D eigenvalue weighted by Gasteiger charge is 2.31. The number of nitrogens with one attached hydrogen (secondary N) is 2. The van der Waals surface area contributed by atoms with Crippen LogP contribution >= 0.6 is 23.8 Å². The van der Waals surface area contributed by atoms with Crippen LogP contribution in [0.2, 0.25) is 5.02 Å². The third kappa shape index (κ3) is 7.44. The Morgan fingerprint density at radius 1 is 0.800 bits per heavy atom. The summed E-state index contributed by atoms with van der Waals surface area (Å²) in [7, 11) is 0. The summed E-state index contributed by atoms with van der Waals surface area (Å²) in [5.74, 6) is -9.34. The first kappa shape index (κ1) is 33.8. The van der Waals surface area contributed by atoms with Gasteiger partial charge in [-0.2, -0.15) is 0 Å². The van der Waals surface area contributed by atoms with Crippen LogP contribution in [0, 0.1) is 29.1 Å². The van der Waals surface area contributed by atoms with Crippen molar-refractivity contribution in [3.8, 4) is 17.2 Å². The Balaban J connectivity index is 1.41. The normalized spacial score (nSPS) is 13.0. The molecule has 1 heterocycles. The molecule has 15 heteroatoms. The van der Waals surface area contributed by atoms with E-state index in [0.29, 0.717) is 53.5 Å². The number of amides is 1. The number of hydrogen-bond donors (Lipinski definition) is 2. The predicted molar refractivity (Wildman–Crippen MR) is 166 cm³/mol. The highest BCUT2D eigenvalue weighted by atomic mass is 35.5. The lowest BCUT2D eigenvalue weighted by atomic mass is 10.1. The molecule has 3 aromatic carbocycles. The molecule has 1 saturated heterocycles. The van der Waals surface area contributed by atoms with E-state index in [0.717, 1.165) is 4.90 Å². The van der Waals surface area contributed by atoms with Crippen LogP contribution in [0.25, 0.3) is 0 Å². The van der Waals surface area contributed by atoms with Gasteiger partial charge in [0.25, 0.3) is 5.91 Å². The number of benzene rings is 3. The molecule has 45 heavy (non-hydrogen) atoms. The minimum atomic E-state index is -2.20. The Morgan fingerprint density at radius 2 is 1.31 bits per heavy atom. The van der Waals surface area contributed by atoms with E-state index in [1.807, 2.05) is 11.8 Å². The molecule has 0 atom stereocenters. The Hall–Kier alpha value is -4.04. The van der Waals surface area contributed by atoms with Crippen LogP contribution < -0.4 is 34.6 Å². The minimum Gasteiger partial charge on any atom is -0.490 e. The SMILES string of the molecule is CCOc1cc(C(=O)NC(=S)Nc2ccc(N3CCN(c4c(F)c(F)c(F)c(F)c4F)CC3)c(Cl)c2)cc(OCC)c1OCC. The van der Waals surface area contributed by atoms with Gasteiger partial charge in [0.05, 0.1) is 30.5 Å². The fraction of sp³-hybridized carbons (Fsp3) is 0.333. The zero-order valence-corrected chi connectivity index (χ0v) is 26.1. The van der Waals surface area contributed by atoms with Crippen molar-refractivity contribution in [2.45, 2.75) is 20.8 Å². The summed E-state index contributed by atoms with van der Waals surface area (Å²) in [6, 6.07) is 7.98. The molecule has 2 N–H and O–H groups in total. The van der Waals surface area contributed by atoms with Crippen LogP contribution in [0.5, 0.6) is 17.2 Å². The first-order chi connectivity index (χ1) is 21.5. The van der Waals surface area contributed by atoms with Crippen LogP contribution in [-0.2, 0) is 0 Å². The monoisotopic (exact) mass is 672 g/mol. The zero-order chi connectivity index (χ0) is 32.8. The molecule has 242 valence electrons. The molecule has 1 fully saturated rings. The van der Waals surface area contributed by atoms with Gasteiger partial charge < -0.3 is 29.3 Å². The molecule has 0 aliphatic carbocycles. The Labute approximate surface area is 267 Å². The molecule has 0 aromatic heterocycles. The molecule has 1 amide bonds. The lowest BCUT2D eigenvalue weighted by molar-refractivity contribution is 0.0976. The molecule has 1 aliphatic heterocycles. The average molecular weight is 673 g/mol. The number of hydrogen-bond acceptors (Lipinski definition) is 7. The van der Waals surface area contributed by atoms with E-state index < -0.39 is 40.7 Å². The number of anilines is 3. The third-order valence-corrected chi connectivity index (χ3v) is 7.23. The summed E-state index contributed by atoms with van der Waals surface area (Å²) in [6.45, 7) is 6.82. The third-order valence-electron chi connectivity index (χ3n) is 6.73. The second-order valence-electron chi connectivity index (χ2n) is 9.57. The summed E-state index contributed by atoms with van der Waals surface area (Å²) < 4.78 is 86.4. The van der Waals surface area contributed by atoms with Gasteiger partial charge in [0.2, 0.25) is 11.6 Å². The van der Waals surface area contributed by atoms with E-state index in [4.69, 9.17) is 38.0 Å². The molecule has 0 radical (unpaired) electrons. The molecule has 0 saturated carbocycles. The summed E-state index contributed by atoms with van der Waals surface area (Å²) in [4.78, 5) is 16.0. The number of carbonyl (C=O) groups is 1. The average Bonchev–Trinajstić information content (AvgIpc) is 3.01. The quantitative estimate of drug-likeness (QED) is 0.107. The van der Waals surface area contributed by atoms with Crippen LogP contribution in [0.1, 0.15) is 31.1 Å². The number of nitrogens with zero attached hydrogens (tertiary/aromatic N) is 2. The fourth-order valence-electron chi connectivity index (χ4n) is 4.74. The Bertz CT molecular complexity index is 1530. The van der Waals surface area contributed by atoms with Crippen molar-refractivity contribution < 1.29 is 41.0 Å². The van der Waals surface area contributed by atoms with Crippen LogP contribution in [-0.4, -0.2) is 57.0 Å². The highest BCUT2D eigenvalue weighted by Crippen LogP contribution is 2.39. The van der Waals surface area contributed by atoms with Gasteiger partial charge >= 0.3 is 0 Å². The number of carbonyl (C=O) groups excluding carboxylic acids is 1. The largest absolute Gasteiger partial charge is 0.490 e. The molecule has 0 bridgehead atoms. The smallest absolute Gasteiger partial charge is 0.257 e. The van der Waals surface area contributed by atoms with Gasteiger partial charge in [-0.1, -0.05) is 11.6 Å². The maximum Gasteiger partial charge on any atom is 0.257 e. The number of thiocarbonyl (C=S) groups is 1. The first-order valence-corrected chi connectivity index (χ1v) is 14.8. The van der Waals surface area contributed by atoms with Gasteiger partial charge in [0.1, 0.15) is 5.69 Å². The first-order valence-electron chi connectivity index (χ1n) is 14.0. The molecule has 3 aromatic rings. The number of rotatable bonds is 10. The summed E-state index contributed by atoms with van der Waals surface area (Å²) in [6.07, 6.45) is 0. The maximum atomic E-state index is 14.3. The Kier molecular flexibility index (Phi) is 11.2. The van der Waals surface area contributed by atoms with Crippen LogP contribution in [0.4, 0.5) is 39.0 Å². The second-order valence-corrected chi connectivity index (χ2v) is 10.4. The highest BCUT2D eigenvalue weighted by molar-refractivity contribution is 7.80. The van der Waals surface area contributed by atoms with Gasteiger partial charge in [-0.15, -0.1) is 0 Å². The number of ether oxygens (including phenoxy) is 3. The van der Waals surface area contributed by atoms with Crippen molar-refractivity contribution in [2.24, 2.45) is 0 Å². The van der Waals surface area contributed by atoms with E-state index in [-0.39, 0.29) is 36.9 Å². The van der Waals surface area contributed by atoms with Crippen molar-refractivity contribution in [1.82, 2.24) is 5.32 Å². The predicted octanol–water partition coefficient (Wildman–Crippen LogP) is 6.69. The fourth-order valence-corrected chi connectivity index (χ4v) is 5.25. The van der Waals surface area contributed by atoms with Crippen LogP contribution in [0.15, 0.2) is 30.3 Å². The van der Waals surface area contributed by atoms with E-state index in [9.17, 15) is 26.7 Å². The van der Waals surface area contributed by atoms with E-state index in [1.165, 1.54) is 12.1 Å². The van der Waals surface area contributed by atoms with Crippen molar-refractivity contribution in [1.29, 1.82) is 0 Å². The second kappa shape index (κ2) is 14.8. The van der Waals surface area contributed by atoms with Gasteiger partial charge in [-0.3, -0.25) is 10.1 Å². The zero-order valence-electron chi connectivity index (χ0n) is 24.5. The van der Waals surface area contributed by atoms with E-state index >= 15 is 0 Å². The van der Waals surface area contributed by atoms with Crippen molar-refractivity contribution >= 4 is 51.9 Å². The van der Waals surface area contributed by atoms with Crippen molar-refractivity contribution in [2.75, 3.05) is 61.1 Å². The van der Waals surface area contributed by atoms with Gasteiger partial charge in [-0.25, -0.2) is 22.0 Å². The van der Waals surface area contributed by atoms with Crippen LogP contribution in [0.3, 0.4) is 0 Å². The lowest BCUT2D eigenvalue weighted by Crippen LogP contribution is -2.47. The molecule has 8 nitrogen and oxygen atoms in total. The molecule has 0 spiro atoms. The molecular formula is C30H30ClF5N4O4S. The van der Waals surface area contributed by atoms with E-state index in [1.54, 1.807) is 32.0 Å². The topological polar surface area (TPSA) is 75.3 Å². The standard InChI is InChI=1S/C30H30ClF5N4O4S/c1-4-42-20-13-16(14-21(43-5-2)28(20)44-6-3)29(41)38-30(45)37-17-7-8-19(18(31)15-17)39-9-11-40(12-10-39)27-25(35)23(33)22(32)24(34)26(27)36/h7-8,13-15H,4-6,9-12H2,1-3H3,(H2,37,38,41,45). The molecular weight excluding hydrogens is 643 g/mol. The Morgan fingerprint density at radius 3 is 1.82 bits per heavy atom. The molecule has 1 aliphatic rings. The lowest BCUT2D eigenvalue weighted by Gasteiger charge is -2.38.